The number of aromatic nitrogens is 3. The number of rotatable bonds is 1. The molecule has 0 bridgehead atoms. The van der Waals surface area contributed by atoms with E-state index >= 15 is 0 Å². The fourth-order valence-electron chi connectivity index (χ4n) is 2.47. The summed E-state index contributed by atoms with van der Waals surface area (Å²) in [5.74, 6) is 0. The van der Waals surface area contributed by atoms with Crippen LogP contribution in [0.1, 0.15) is 16.8 Å². The Morgan fingerprint density at radius 3 is 2.53 bits per heavy atom. The van der Waals surface area contributed by atoms with E-state index < -0.39 is 0 Å². The molecule has 0 fully saturated rings. The zero-order valence-electron chi connectivity index (χ0n) is 11.5. The van der Waals surface area contributed by atoms with Crippen LogP contribution in [-0.2, 0) is 0 Å². The van der Waals surface area contributed by atoms with Crippen LogP contribution < -0.4 is 6.15 Å². The second-order valence-corrected chi connectivity index (χ2v) is 4.66. The number of aryl methyl sites for hydroxylation is 3. The summed E-state index contributed by atoms with van der Waals surface area (Å²) in [4.78, 5) is 8.73. The van der Waals surface area contributed by atoms with Crippen LogP contribution in [0.3, 0.4) is 0 Å². The van der Waals surface area contributed by atoms with Crippen LogP contribution in [0, 0.1) is 20.8 Å². The van der Waals surface area contributed by atoms with Crippen molar-refractivity contribution in [3.8, 4) is 11.1 Å². The summed E-state index contributed by atoms with van der Waals surface area (Å²) in [6.45, 7) is 6.26. The Kier molecular flexibility index (Phi) is 3.36. The van der Waals surface area contributed by atoms with Gasteiger partial charge in [-0.15, -0.1) is 0 Å². The number of hydrogen-bond acceptors (Lipinski definition) is 3. The molecule has 3 aromatic rings. The van der Waals surface area contributed by atoms with Gasteiger partial charge in [0.1, 0.15) is 5.65 Å². The van der Waals surface area contributed by atoms with Crippen molar-refractivity contribution < 1.29 is 0 Å². The fourth-order valence-corrected chi connectivity index (χ4v) is 2.47. The van der Waals surface area contributed by atoms with E-state index in [0.29, 0.717) is 0 Å². The quantitative estimate of drug-likeness (QED) is 0.723. The maximum Gasteiger partial charge on any atom is 0.139 e. The molecular weight excluding hydrogens is 236 g/mol. The van der Waals surface area contributed by atoms with E-state index in [1.165, 1.54) is 22.3 Å². The highest BCUT2D eigenvalue weighted by Gasteiger charge is 2.09. The van der Waals surface area contributed by atoms with Gasteiger partial charge in [-0.05, 0) is 44.0 Å². The minimum atomic E-state index is 0. The van der Waals surface area contributed by atoms with Gasteiger partial charge in [0.25, 0.3) is 0 Å². The van der Waals surface area contributed by atoms with E-state index in [2.05, 4.69) is 53.5 Å². The van der Waals surface area contributed by atoms with E-state index in [-0.39, 0.29) is 6.15 Å². The van der Waals surface area contributed by atoms with E-state index in [1.807, 2.05) is 18.6 Å². The number of nitrogens with zero attached hydrogens (tertiary/aromatic N) is 3. The van der Waals surface area contributed by atoms with Gasteiger partial charge in [0.05, 0.1) is 0 Å². The molecular formula is C15H18N4. The van der Waals surface area contributed by atoms with Gasteiger partial charge in [0.2, 0.25) is 0 Å². The molecule has 0 aromatic carbocycles. The predicted molar refractivity (Wildman–Crippen MR) is 77.7 cm³/mol. The van der Waals surface area contributed by atoms with Crippen LogP contribution in [0.15, 0.2) is 36.9 Å². The van der Waals surface area contributed by atoms with Crippen molar-refractivity contribution in [3.05, 3.63) is 53.7 Å². The molecule has 19 heavy (non-hydrogen) atoms. The minimum Gasteiger partial charge on any atom is -0.344 e. The van der Waals surface area contributed by atoms with Crippen LogP contribution in [-0.4, -0.2) is 14.4 Å². The summed E-state index contributed by atoms with van der Waals surface area (Å²) in [6, 6.07) is 4.23. The van der Waals surface area contributed by atoms with Crippen LogP contribution in [0.5, 0.6) is 0 Å². The number of hydrogen-bond donors (Lipinski definition) is 1. The third-order valence-corrected chi connectivity index (χ3v) is 3.31. The van der Waals surface area contributed by atoms with Gasteiger partial charge in [-0.1, -0.05) is 0 Å². The predicted octanol–water partition coefficient (Wildman–Crippen LogP) is 3.48. The summed E-state index contributed by atoms with van der Waals surface area (Å²) in [6.07, 6.45) is 7.78. The first-order chi connectivity index (χ1) is 8.66. The summed E-state index contributed by atoms with van der Waals surface area (Å²) < 4.78 is 2.07. The molecule has 0 atom stereocenters. The van der Waals surface area contributed by atoms with Gasteiger partial charge in [-0.25, -0.2) is 4.98 Å². The van der Waals surface area contributed by atoms with Crippen LogP contribution in [0.2, 0.25) is 0 Å². The largest absolute Gasteiger partial charge is 0.344 e. The molecule has 3 aromatic heterocycles. The third-order valence-electron chi connectivity index (χ3n) is 3.31. The van der Waals surface area contributed by atoms with Gasteiger partial charge >= 0.3 is 0 Å². The summed E-state index contributed by atoms with van der Waals surface area (Å²) in [5, 5.41) is 0. The third kappa shape index (κ3) is 2.11. The molecule has 0 radical (unpaired) electrons. The van der Waals surface area contributed by atoms with Crippen LogP contribution in [0.4, 0.5) is 0 Å². The Hall–Kier alpha value is -2.20. The Morgan fingerprint density at radius 1 is 1.00 bits per heavy atom. The monoisotopic (exact) mass is 254 g/mol. The van der Waals surface area contributed by atoms with Crippen LogP contribution in [0.25, 0.3) is 16.8 Å². The highest BCUT2D eigenvalue weighted by atomic mass is 15.0. The van der Waals surface area contributed by atoms with Crippen molar-refractivity contribution in [1.29, 1.82) is 0 Å². The average Bonchev–Trinajstić information content (AvgIpc) is 2.77. The lowest BCUT2D eigenvalue weighted by Gasteiger charge is -2.10. The fraction of sp³-hybridized carbons (Fsp3) is 0.200. The lowest BCUT2D eigenvalue weighted by molar-refractivity contribution is 1.14. The number of pyridine rings is 2. The zero-order chi connectivity index (χ0) is 12.7. The van der Waals surface area contributed by atoms with Crippen molar-refractivity contribution in [2.75, 3.05) is 0 Å². The highest BCUT2D eigenvalue weighted by molar-refractivity contribution is 5.71. The van der Waals surface area contributed by atoms with Gasteiger partial charge in [-0.2, -0.15) is 0 Å². The highest BCUT2D eigenvalue weighted by Crippen LogP contribution is 2.27. The molecule has 4 nitrogen and oxygen atoms in total. The summed E-state index contributed by atoms with van der Waals surface area (Å²) >= 11 is 0. The molecule has 0 saturated carbocycles. The molecule has 4 heteroatoms. The minimum absolute atomic E-state index is 0. The molecule has 0 aliphatic heterocycles. The van der Waals surface area contributed by atoms with Crippen molar-refractivity contribution in [3.63, 3.8) is 0 Å². The maximum absolute atomic E-state index is 4.39. The lowest BCUT2D eigenvalue weighted by Crippen LogP contribution is -1.95. The van der Waals surface area contributed by atoms with E-state index in [9.17, 15) is 0 Å². The molecule has 3 N–H and O–H groups in total. The van der Waals surface area contributed by atoms with Crippen molar-refractivity contribution in [2.45, 2.75) is 20.8 Å². The van der Waals surface area contributed by atoms with Gasteiger partial charge in [0.15, 0.2) is 0 Å². The van der Waals surface area contributed by atoms with Crippen LogP contribution >= 0.6 is 0 Å². The Balaban J connectivity index is 0.00000133. The first-order valence-electron chi connectivity index (χ1n) is 6.02. The SMILES string of the molecule is Cc1ccnc(C)c1-c1cc(C)c2nccn2c1.N. The molecule has 98 valence electrons. The van der Waals surface area contributed by atoms with E-state index in [4.69, 9.17) is 0 Å². The topological polar surface area (TPSA) is 65.2 Å². The molecule has 0 unspecified atom stereocenters. The van der Waals surface area contributed by atoms with Gasteiger partial charge < -0.3 is 10.6 Å². The molecule has 3 rings (SSSR count). The standard InChI is InChI=1S/C15H15N3.H3N/c1-10-4-5-16-12(3)14(10)13-8-11(2)15-17-6-7-18(15)9-13;/h4-9H,1-3H3;1H3. The Labute approximate surface area is 112 Å². The van der Waals surface area contributed by atoms with Crippen molar-refractivity contribution in [1.82, 2.24) is 20.5 Å². The molecule has 0 amide bonds. The van der Waals surface area contributed by atoms with Crippen molar-refractivity contribution >= 4 is 5.65 Å². The van der Waals surface area contributed by atoms with Gasteiger partial charge in [-0.3, -0.25) is 4.98 Å². The molecule has 0 spiro atoms. The smallest absolute Gasteiger partial charge is 0.139 e. The Morgan fingerprint density at radius 2 is 1.79 bits per heavy atom. The van der Waals surface area contributed by atoms with E-state index in [1.54, 1.807) is 0 Å². The molecule has 0 aliphatic rings. The second-order valence-electron chi connectivity index (χ2n) is 4.66. The molecule has 0 saturated heterocycles. The molecule has 0 aliphatic carbocycles. The first kappa shape index (κ1) is 13.2. The normalized spacial score (nSPS) is 10.5. The van der Waals surface area contributed by atoms with E-state index in [0.717, 1.165) is 11.3 Å². The maximum atomic E-state index is 4.39. The second kappa shape index (κ2) is 4.82. The lowest BCUT2D eigenvalue weighted by atomic mass is 10.00. The number of imidazole rings is 1. The summed E-state index contributed by atoms with van der Waals surface area (Å²) in [7, 11) is 0. The zero-order valence-corrected chi connectivity index (χ0v) is 11.5. The number of fused-ring (bicyclic) bond motifs is 1. The average molecular weight is 254 g/mol. The van der Waals surface area contributed by atoms with Gasteiger partial charge in [0, 0.05) is 41.6 Å². The van der Waals surface area contributed by atoms with Crippen molar-refractivity contribution in [2.24, 2.45) is 0 Å². The first-order valence-corrected chi connectivity index (χ1v) is 6.02. The Bertz CT molecular complexity index is 708. The summed E-state index contributed by atoms with van der Waals surface area (Å²) in [5.41, 5.74) is 6.92. The molecule has 3 heterocycles.